The molecule has 0 spiro atoms. The van der Waals surface area contributed by atoms with Gasteiger partial charge in [0, 0.05) is 19.4 Å². The number of ether oxygens (including phenoxy) is 2. The topological polar surface area (TPSA) is 39.4 Å². The van der Waals surface area contributed by atoms with Crippen molar-refractivity contribution in [3.63, 3.8) is 0 Å². The summed E-state index contributed by atoms with van der Waals surface area (Å²) in [5.41, 5.74) is 1.21. The molecule has 0 unspecified atom stereocenters. The molecule has 26 heavy (non-hydrogen) atoms. The van der Waals surface area contributed by atoms with Crippen molar-refractivity contribution in [2.24, 2.45) is 0 Å². The first kappa shape index (κ1) is 18.4. The van der Waals surface area contributed by atoms with Gasteiger partial charge in [0.2, 0.25) is 5.52 Å². The number of para-hydroxylation sites is 2. The Balaban J connectivity index is 1.62. The van der Waals surface area contributed by atoms with E-state index in [0.717, 1.165) is 43.2 Å². The molecule has 3 rings (SSSR count). The molecule has 0 fully saturated rings. The number of aryl methyl sites for hydroxylation is 1. The number of nitrogens with zero attached hydrogens (tertiary/aromatic N) is 1. The molecular formula is C21H24NO3S+. The average molecular weight is 370 g/mol. The Labute approximate surface area is 158 Å². The largest absolute Gasteiger partial charge is 0.466 e. The summed E-state index contributed by atoms with van der Waals surface area (Å²) in [4.78, 5) is 10.8. The van der Waals surface area contributed by atoms with Crippen LogP contribution >= 0.6 is 11.3 Å². The minimum atomic E-state index is -0.201. The normalized spacial score (nSPS) is 10.8. The van der Waals surface area contributed by atoms with Crippen molar-refractivity contribution in [2.45, 2.75) is 39.2 Å². The van der Waals surface area contributed by atoms with E-state index < -0.39 is 0 Å². The molecule has 1 aromatic heterocycles. The first-order valence-electron chi connectivity index (χ1n) is 9.01. The van der Waals surface area contributed by atoms with Crippen LogP contribution in [0.2, 0.25) is 0 Å². The van der Waals surface area contributed by atoms with E-state index in [1.807, 2.05) is 30.3 Å². The molecule has 0 aliphatic rings. The number of benzene rings is 2. The first-order valence-corrected chi connectivity index (χ1v) is 9.83. The maximum Gasteiger partial charge on any atom is 0.436 e. The molecule has 0 radical (unpaired) electrons. The van der Waals surface area contributed by atoms with E-state index in [4.69, 9.17) is 9.47 Å². The van der Waals surface area contributed by atoms with Gasteiger partial charge in [-0.25, -0.2) is 0 Å². The Hall–Kier alpha value is -2.40. The van der Waals surface area contributed by atoms with Crippen LogP contribution in [0, 0.1) is 0 Å². The van der Waals surface area contributed by atoms with E-state index in [-0.39, 0.29) is 5.97 Å². The second-order valence-corrected chi connectivity index (χ2v) is 7.15. The molecule has 0 saturated carbocycles. The van der Waals surface area contributed by atoms with E-state index in [0.29, 0.717) is 6.61 Å². The van der Waals surface area contributed by atoms with Gasteiger partial charge in [0.15, 0.2) is 6.54 Å². The summed E-state index contributed by atoms with van der Waals surface area (Å²) < 4.78 is 14.6. The van der Waals surface area contributed by atoms with Crippen LogP contribution in [0.4, 0.5) is 0 Å². The second kappa shape index (κ2) is 9.34. The third-order valence-electron chi connectivity index (χ3n) is 4.10. The van der Waals surface area contributed by atoms with Crippen LogP contribution < -0.4 is 9.30 Å². The highest BCUT2D eigenvalue weighted by Crippen LogP contribution is 2.29. The Bertz CT molecular complexity index is 845. The maximum atomic E-state index is 10.8. The number of unbranched alkanes of at least 4 members (excludes halogenated alkanes) is 3. The summed E-state index contributed by atoms with van der Waals surface area (Å²) in [6, 6.07) is 18.3. The number of hydrogen-bond donors (Lipinski definition) is 0. The van der Waals surface area contributed by atoms with Gasteiger partial charge in [-0.1, -0.05) is 30.3 Å². The van der Waals surface area contributed by atoms with Gasteiger partial charge in [-0.2, -0.15) is 0 Å². The Morgan fingerprint density at radius 2 is 1.69 bits per heavy atom. The van der Waals surface area contributed by atoms with Gasteiger partial charge in [0.1, 0.15) is 10.4 Å². The lowest BCUT2D eigenvalue weighted by Gasteiger charge is -2.03. The number of fused-ring (bicyclic) bond motifs is 1. The van der Waals surface area contributed by atoms with Crippen molar-refractivity contribution in [1.82, 2.24) is 0 Å². The molecule has 4 nitrogen and oxygen atoms in total. The monoisotopic (exact) mass is 370 g/mol. The van der Waals surface area contributed by atoms with Gasteiger partial charge in [0.05, 0.1) is 6.61 Å². The summed E-state index contributed by atoms with van der Waals surface area (Å²) in [6.07, 6.45) is 4.15. The predicted molar refractivity (Wildman–Crippen MR) is 104 cm³/mol. The molecule has 2 aromatic carbocycles. The Morgan fingerprint density at radius 1 is 0.962 bits per heavy atom. The zero-order valence-electron chi connectivity index (χ0n) is 15.0. The lowest BCUT2D eigenvalue weighted by Crippen LogP contribution is -2.33. The van der Waals surface area contributed by atoms with Crippen LogP contribution in [0.5, 0.6) is 10.9 Å². The van der Waals surface area contributed by atoms with Gasteiger partial charge in [0.25, 0.3) is 0 Å². The molecule has 5 heteroatoms. The van der Waals surface area contributed by atoms with Crippen molar-refractivity contribution < 1.29 is 18.8 Å². The van der Waals surface area contributed by atoms with Gasteiger partial charge < -0.3 is 9.47 Å². The summed E-state index contributed by atoms with van der Waals surface area (Å²) in [5.74, 6) is 0.655. The third-order valence-corrected chi connectivity index (χ3v) is 5.15. The lowest BCUT2D eigenvalue weighted by atomic mass is 10.2. The van der Waals surface area contributed by atoms with E-state index in [1.165, 1.54) is 17.1 Å². The number of hydrogen-bond acceptors (Lipinski definition) is 4. The number of rotatable bonds is 9. The molecule has 3 aromatic rings. The van der Waals surface area contributed by atoms with Gasteiger partial charge in [-0.15, -0.1) is 4.57 Å². The van der Waals surface area contributed by atoms with Crippen molar-refractivity contribution in [1.29, 1.82) is 0 Å². The molecule has 0 bridgehead atoms. The first-order chi connectivity index (χ1) is 12.7. The minimum absolute atomic E-state index is 0.201. The summed E-state index contributed by atoms with van der Waals surface area (Å²) >= 11 is 1.68. The predicted octanol–water partition coefficient (Wildman–Crippen LogP) is 5.10. The maximum absolute atomic E-state index is 10.8. The van der Waals surface area contributed by atoms with Crippen molar-refractivity contribution in [3.8, 4) is 10.9 Å². The fraction of sp³-hybridized carbons (Fsp3) is 0.333. The van der Waals surface area contributed by atoms with Crippen LogP contribution in [-0.2, 0) is 16.1 Å². The van der Waals surface area contributed by atoms with Crippen LogP contribution in [-0.4, -0.2) is 12.6 Å². The van der Waals surface area contributed by atoms with Gasteiger partial charge >= 0.3 is 11.2 Å². The SMILES string of the molecule is CC(=O)OCCCCCC[n+]1c(Oc2ccccc2)sc2ccccc21. The Morgan fingerprint density at radius 3 is 2.50 bits per heavy atom. The van der Waals surface area contributed by atoms with Crippen molar-refractivity contribution in [2.75, 3.05) is 6.61 Å². The molecule has 0 aliphatic heterocycles. The highest BCUT2D eigenvalue weighted by atomic mass is 32.1. The lowest BCUT2D eigenvalue weighted by molar-refractivity contribution is -0.671. The molecule has 0 atom stereocenters. The van der Waals surface area contributed by atoms with Crippen LogP contribution in [0.1, 0.15) is 32.6 Å². The van der Waals surface area contributed by atoms with Gasteiger partial charge in [-0.3, -0.25) is 4.79 Å². The zero-order valence-corrected chi connectivity index (χ0v) is 15.8. The molecule has 0 amide bonds. The van der Waals surface area contributed by atoms with E-state index in [2.05, 4.69) is 28.8 Å². The van der Waals surface area contributed by atoms with Crippen LogP contribution in [0.3, 0.4) is 0 Å². The molecular weight excluding hydrogens is 346 g/mol. The van der Waals surface area contributed by atoms with Crippen LogP contribution in [0.15, 0.2) is 54.6 Å². The molecule has 0 N–H and O–H groups in total. The summed E-state index contributed by atoms with van der Waals surface area (Å²) in [7, 11) is 0. The summed E-state index contributed by atoms with van der Waals surface area (Å²) in [5, 5.41) is 0.914. The molecule has 0 saturated heterocycles. The fourth-order valence-corrected chi connectivity index (χ4v) is 3.89. The number of aromatic nitrogens is 1. The molecule has 1 heterocycles. The highest BCUT2D eigenvalue weighted by molar-refractivity contribution is 7.19. The number of esters is 1. The minimum Gasteiger partial charge on any atom is -0.466 e. The zero-order chi connectivity index (χ0) is 18.2. The van der Waals surface area contributed by atoms with E-state index in [9.17, 15) is 4.79 Å². The van der Waals surface area contributed by atoms with Crippen molar-refractivity contribution in [3.05, 3.63) is 54.6 Å². The van der Waals surface area contributed by atoms with Crippen LogP contribution in [0.25, 0.3) is 10.2 Å². The standard InChI is InChI=1S/C21H24NO3S/c1-17(23)24-16-10-3-2-9-15-22-19-13-7-8-14-20(19)26-21(22)25-18-11-5-4-6-12-18/h4-8,11-14H,2-3,9-10,15-16H2,1H3/q+1. The Kier molecular flexibility index (Phi) is 6.61. The fourth-order valence-electron chi connectivity index (χ4n) is 2.83. The number of carbonyl (C=O) groups is 1. The average Bonchev–Trinajstić information content (AvgIpc) is 2.99. The second-order valence-electron chi connectivity index (χ2n) is 6.16. The van der Waals surface area contributed by atoms with Gasteiger partial charge in [-0.05, 0) is 48.8 Å². The number of carbonyl (C=O) groups excluding carboxylic acids is 1. The number of thiazole rings is 1. The van der Waals surface area contributed by atoms with E-state index >= 15 is 0 Å². The quantitative estimate of drug-likeness (QED) is 0.299. The van der Waals surface area contributed by atoms with Crippen molar-refractivity contribution >= 4 is 27.5 Å². The summed E-state index contributed by atoms with van der Waals surface area (Å²) in [6.45, 7) is 2.89. The molecule has 0 aliphatic carbocycles. The smallest absolute Gasteiger partial charge is 0.436 e. The highest BCUT2D eigenvalue weighted by Gasteiger charge is 2.22. The van der Waals surface area contributed by atoms with E-state index in [1.54, 1.807) is 11.3 Å². The molecule has 136 valence electrons. The third kappa shape index (κ3) is 5.05.